The maximum Gasteiger partial charge on any atom is 0.337 e. The summed E-state index contributed by atoms with van der Waals surface area (Å²) in [6.45, 7) is 2.62. The van der Waals surface area contributed by atoms with Gasteiger partial charge < -0.3 is 19.6 Å². The molecule has 0 saturated carbocycles. The average Bonchev–Trinajstić information content (AvgIpc) is 2.80. The Morgan fingerprint density at radius 2 is 1.97 bits per heavy atom. The third-order valence-electron chi connectivity index (χ3n) is 5.63. The lowest BCUT2D eigenvalue weighted by atomic mass is 10.0. The zero-order valence-electron chi connectivity index (χ0n) is 17.8. The van der Waals surface area contributed by atoms with Gasteiger partial charge in [-0.3, -0.25) is 4.90 Å². The first-order valence-corrected chi connectivity index (χ1v) is 10.7. The van der Waals surface area contributed by atoms with Gasteiger partial charge in [-0.1, -0.05) is 17.7 Å². The van der Waals surface area contributed by atoms with Crippen LogP contribution < -0.4 is 0 Å². The Bertz CT molecular complexity index is 916. The van der Waals surface area contributed by atoms with E-state index in [1.807, 2.05) is 0 Å². The van der Waals surface area contributed by atoms with Crippen LogP contribution in [0.1, 0.15) is 22.3 Å². The first kappa shape index (κ1) is 24.2. The van der Waals surface area contributed by atoms with Gasteiger partial charge in [-0.05, 0) is 30.7 Å². The van der Waals surface area contributed by atoms with Crippen molar-refractivity contribution >= 4 is 23.6 Å². The van der Waals surface area contributed by atoms with Crippen LogP contribution in [0, 0.1) is 5.82 Å². The molecule has 1 heterocycles. The number of esters is 1. The van der Waals surface area contributed by atoms with Gasteiger partial charge >= 0.3 is 12.0 Å². The number of carbonyl (C=O) groups excluding carboxylic acids is 2. The van der Waals surface area contributed by atoms with E-state index in [2.05, 4.69) is 9.64 Å². The number of urea groups is 1. The predicted octanol–water partition coefficient (Wildman–Crippen LogP) is 2.89. The second kappa shape index (κ2) is 10.9. The van der Waals surface area contributed by atoms with Gasteiger partial charge in [-0.2, -0.15) is 0 Å². The van der Waals surface area contributed by atoms with Crippen LogP contribution in [0.5, 0.6) is 0 Å². The van der Waals surface area contributed by atoms with Gasteiger partial charge in [0.15, 0.2) is 0 Å². The second-order valence-corrected chi connectivity index (χ2v) is 8.04. The molecule has 1 unspecified atom stereocenters. The molecule has 1 saturated heterocycles. The van der Waals surface area contributed by atoms with E-state index in [1.54, 1.807) is 4.90 Å². The van der Waals surface area contributed by atoms with Gasteiger partial charge in [0, 0.05) is 38.3 Å². The Morgan fingerprint density at radius 3 is 2.56 bits per heavy atom. The maximum atomic E-state index is 14.8. The Morgan fingerprint density at radius 1 is 1.25 bits per heavy atom. The lowest BCUT2D eigenvalue weighted by Crippen LogP contribution is -2.54. The highest BCUT2D eigenvalue weighted by molar-refractivity contribution is 6.31. The number of piperazine rings is 1. The normalized spacial score (nSPS) is 19.3. The highest BCUT2D eigenvalue weighted by atomic mass is 35.5. The molecule has 0 aromatic heterocycles. The average molecular weight is 470 g/mol. The second-order valence-electron chi connectivity index (χ2n) is 7.63. The minimum absolute atomic E-state index is 0.0458. The lowest BCUT2D eigenvalue weighted by molar-refractivity contribution is 0.0600. The molecule has 32 heavy (non-hydrogen) atoms. The van der Waals surface area contributed by atoms with E-state index in [4.69, 9.17) is 16.7 Å². The highest BCUT2D eigenvalue weighted by Gasteiger charge is 2.31. The molecule has 10 heteroatoms. The summed E-state index contributed by atoms with van der Waals surface area (Å²) in [5.41, 5.74) is 0.279. The van der Waals surface area contributed by atoms with Crippen molar-refractivity contribution in [3.63, 3.8) is 0 Å². The van der Waals surface area contributed by atoms with Crippen LogP contribution in [0.4, 0.5) is 13.6 Å². The number of benzene rings is 1. The number of halogens is 3. The maximum absolute atomic E-state index is 14.8. The van der Waals surface area contributed by atoms with Crippen LogP contribution >= 0.6 is 11.6 Å². The SMILES string of the molecule is COC(=O)c1ccc(CN(C(=O)N2CCN(CCO)CC2)C2C=C(Cl)C(F)=CC2)c(F)c1. The summed E-state index contributed by atoms with van der Waals surface area (Å²) < 4.78 is 33.1. The summed E-state index contributed by atoms with van der Waals surface area (Å²) in [7, 11) is 1.21. The van der Waals surface area contributed by atoms with Crippen molar-refractivity contribution in [3.8, 4) is 0 Å². The number of hydrogen-bond donors (Lipinski definition) is 1. The summed E-state index contributed by atoms with van der Waals surface area (Å²) in [6, 6.07) is 3.08. The van der Waals surface area contributed by atoms with E-state index >= 15 is 0 Å². The van der Waals surface area contributed by atoms with Crippen LogP contribution in [-0.2, 0) is 11.3 Å². The van der Waals surface area contributed by atoms with Crippen LogP contribution in [-0.4, -0.2) is 84.3 Å². The van der Waals surface area contributed by atoms with Crippen molar-refractivity contribution in [2.75, 3.05) is 46.4 Å². The van der Waals surface area contributed by atoms with Crippen LogP contribution in [0.2, 0.25) is 0 Å². The van der Waals surface area contributed by atoms with E-state index in [1.165, 1.54) is 36.3 Å². The third-order valence-corrected chi connectivity index (χ3v) is 5.93. The first-order chi connectivity index (χ1) is 15.3. The molecule has 0 spiro atoms. The number of allylic oxidation sites excluding steroid dienone is 2. The standard InChI is InChI=1S/C22H26ClF2N3O4/c1-32-21(30)15-2-3-16(20(25)12-15)14-28(17-4-5-19(24)18(23)13-17)22(31)27-8-6-26(7-9-27)10-11-29/h2-3,5,12-13,17,29H,4,6-11,14H2,1H3. The molecule has 1 N–H and O–H groups in total. The monoisotopic (exact) mass is 469 g/mol. The van der Waals surface area contributed by atoms with Gasteiger partial charge in [0.05, 0.1) is 36.9 Å². The molecule has 1 fully saturated rings. The Balaban J connectivity index is 1.82. The molecular weight excluding hydrogens is 444 g/mol. The molecule has 3 rings (SSSR count). The molecule has 1 atom stereocenters. The van der Waals surface area contributed by atoms with E-state index < -0.39 is 23.7 Å². The fourth-order valence-corrected chi connectivity index (χ4v) is 3.99. The van der Waals surface area contributed by atoms with Crippen molar-refractivity contribution in [1.82, 2.24) is 14.7 Å². The zero-order valence-corrected chi connectivity index (χ0v) is 18.5. The highest BCUT2D eigenvalue weighted by Crippen LogP contribution is 2.28. The molecule has 0 radical (unpaired) electrons. The number of ether oxygens (including phenoxy) is 1. The summed E-state index contributed by atoms with van der Waals surface area (Å²) in [4.78, 5) is 30.2. The number of aliphatic hydroxyl groups is 1. The van der Waals surface area contributed by atoms with Crippen LogP contribution in [0.15, 0.2) is 41.2 Å². The number of aliphatic hydroxyl groups excluding tert-OH is 1. The Labute approximate surface area is 190 Å². The van der Waals surface area contributed by atoms with E-state index in [-0.39, 0.29) is 41.8 Å². The Hall–Kier alpha value is -2.49. The molecule has 2 amide bonds. The predicted molar refractivity (Wildman–Crippen MR) is 115 cm³/mol. The number of carbonyl (C=O) groups is 2. The summed E-state index contributed by atoms with van der Waals surface area (Å²) in [6.07, 6.45) is 2.97. The third kappa shape index (κ3) is 5.65. The van der Waals surface area contributed by atoms with Gasteiger partial charge in [-0.15, -0.1) is 0 Å². The fourth-order valence-electron chi connectivity index (χ4n) is 3.77. The Kier molecular flexibility index (Phi) is 8.22. The van der Waals surface area contributed by atoms with Crippen molar-refractivity contribution in [2.24, 2.45) is 0 Å². The topological polar surface area (TPSA) is 73.3 Å². The van der Waals surface area contributed by atoms with Gasteiger partial charge in [0.2, 0.25) is 0 Å². The van der Waals surface area contributed by atoms with Crippen molar-refractivity contribution in [3.05, 3.63) is 58.2 Å². The lowest BCUT2D eigenvalue weighted by Gasteiger charge is -2.39. The fraction of sp³-hybridized carbons (Fsp3) is 0.455. The molecule has 2 aliphatic rings. The number of amides is 2. The number of rotatable bonds is 6. The number of β-amino-alcohol motifs (C(OH)–C–C–N with tert-alkyl or cyclic N) is 1. The zero-order chi connectivity index (χ0) is 23.3. The molecular formula is C22H26ClF2N3O4. The first-order valence-electron chi connectivity index (χ1n) is 10.3. The molecule has 0 bridgehead atoms. The summed E-state index contributed by atoms with van der Waals surface area (Å²) >= 11 is 5.97. The molecule has 1 aromatic carbocycles. The van der Waals surface area contributed by atoms with Crippen molar-refractivity contribution in [2.45, 2.75) is 19.0 Å². The molecule has 1 aromatic rings. The minimum atomic E-state index is -0.660. The minimum Gasteiger partial charge on any atom is -0.465 e. The molecule has 1 aliphatic carbocycles. The molecule has 7 nitrogen and oxygen atoms in total. The summed E-state index contributed by atoms with van der Waals surface area (Å²) in [5.74, 6) is -1.86. The van der Waals surface area contributed by atoms with Crippen LogP contribution in [0.3, 0.4) is 0 Å². The molecule has 174 valence electrons. The van der Waals surface area contributed by atoms with Crippen molar-refractivity contribution in [1.29, 1.82) is 0 Å². The van der Waals surface area contributed by atoms with Crippen molar-refractivity contribution < 1.29 is 28.2 Å². The van der Waals surface area contributed by atoms with Gasteiger partial charge in [-0.25, -0.2) is 18.4 Å². The van der Waals surface area contributed by atoms with Gasteiger partial charge in [0.1, 0.15) is 11.6 Å². The summed E-state index contributed by atoms with van der Waals surface area (Å²) in [5, 5.41) is 9.02. The largest absolute Gasteiger partial charge is 0.465 e. The van der Waals surface area contributed by atoms with Gasteiger partial charge in [0.25, 0.3) is 0 Å². The van der Waals surface area contributed by atoms with E-state index in [0.717, 1.165) is 6.07 Å². The quantitative estimate of drug-likeness (QED) is 0.649. The van der Waals surface area contributed by atoms with E-state index in [9.17, 15) is 18.4 Å². The van der Waals surface area contributed by atoms with Crippen LogP contribution in [0.25, 0.3) is 0 Å². The number of nitrogens with zero attached hydrogens (tertiary/aromatic N) is 3. The molecule has 1 aliphatic heterocycles. The smallest absolute Gasteiger partial charge is 0.337 e. The van der Waals surface area contributed by atoms with E-state index in [0.29, 0.717) is 32.7 Å². The number of hydrogen-bond acceptors (Lipinski definition) is 5. The number of methoxy groups -OCH3 is 1.